The summed E-state index contributed by atoms with van der Waals surface area (Å²) in [6.07, 6.45) is 3.88. The van der Waals surface area contributed by atoms with E-state index in [1.165, 1.54) is 5.69 Å². The molecule has 1 unspecified atom stereocenters. The molecule has 4 heterocycles. The second-order valence-electron chi connectivity index (χ2n) is 8.08. The Morgan fingerprint density at radius 1 is 1.27 bits per heavy atom. The van der Waals surface area contributed by atoms with Crippen molar-refractivity contribution in [1.29, 1.82) is 0 Å². The fraction of sp³-hybridized carbons (Fsp3) is 0.409. The summed E-state index contributed by atoms with van der Waals surface area (Å²) >= 11 is 0. The highest BCUT2D eigenvalue weighted by molar-refractivity contribution is 5.93. The summed E-state index contributed by atoms with van der Waals surface area (Å²) in [5.41, 5.74) is 7.83. The van der Waals surface area contributed by atoms with Gasteiger partial charge in [0, 0.05) is 54.4 Å². The van der Waals surface area contributed by atoms with Crippen LogP contribution in [0.5, 0.6) is 0 Å². The molecule has 0 saturated carbocycles. The van der Waals surface area contributed by atoms with Crippen LogP contribution in [0.15, 0.2) is 36.5 Å². The zero-order valence-corrected chi connectivity index (χ0v) is 17.3. The second kappa shape index (κ2) is 7.28. The van der Waals surface area contributed by atoms with E-state index in [1.54, 1.807) is 7.11 Å². The van der Waals surface area contributed by atoms with E-state index in [4.69, 9.17) is 9.94 Å². The summed E-state index contributed by atoms with van der Waals surface area (Å²) in [6, 6.07) is 10.2. The molecule has 1 saturated heterocycles. The van der Waals surface area contributed by atoms with Crippen LogP contribution < -0.4 is 10.8 Å². The highest BCUT2D eigenvalue weighted by atomic mass is 16.6. The number of amides is 2. The fourth-order valence-electron chi connectivity index (χ4n) is 4.81. The van der Waals surface area contributed by atoms with Crippen molar-refractivity contribution in [3.8, 4) is 11.3 Å². The molecular formula is C22H26N6O2. The van der Waals surface area contributed by atoms with E-state index in [0.29, 0.717) is 6.54 Å². The summed E-state index contributed by atoms with van der Waals surface area (Å²) in [5, 5.41) is 8.79. The normalized spacial score (nSPS) is 20.1. The number of pyridine rings is 1. The summed E-state index contributed by atoms with van der Waals surface area (Å²) in [4.78, 5) is 24.0. The lowest BCUT2D eigenvalue weighted by atomic mass is 9.82. The van der Waals surface area contributed by atoms with Crippen LogP contribution in [0.25, 0.3) is 22.2 Å². The quantitative estimate of drug-likeness (QED) is 0.651. The van der Waals surface area contributed by atoms with Gasteiger partial charge in [0.25, 0.3) is 0 Å². The molecule has 0 aliphatic carbocycles. The molecule has 156 valence electrons. The number of likely N-dealkylation sites (tertiary alicyclic amines) is 1. The van der Waals surface area contributed by atoms with Crippen molar-refractivity contribution in [2.75, 3.05) is 32.2 Å². The monoisotopic (exact) mass is 406 g/mol. The number of hydrogen-bond donors (Lipinski definition) is 2. The van der Waals surface area contributed by atoms with Gasteiger partial charge in [0.1, 0.15) is 0 Å². The second-order valence-corrected chi connectivity index (χ2v) is 8.08. The zero-order valence-electron chi connectivity index (χ0n) is 17.3. The number of urea groups is 1. The van der Waals surface area contributed by atoms with Crippen molar-refractivity contribution in [2.45, 2.75) is 31.7 Å². The molecule has 3 aromatic rings. The van der Waals surface area contributed by atoms with Gasteiger partial charge in [0.05, 0.1) is 24.0 Å². The molecule has 1 fully saturated rings. The van der Waals surface area contributed by atoms with Crippen molar-refractivity contribution in [3.05, 3.63) is 42.2 Å². The van der Waals surface area contributed by atoms with Gasteiger partial charge in [0.2, 0.25) is 0 Å². The Morgan fingerprint density at radius 3 is 2.97 bits per heavy atom. The first-order valence-corrected chi connectivity index (χ1v) is 10.4. The molecule has 2 amide bonds. The fourth-order valence-corrected chi connectivity index (χ4v) is 4.81. The van der Waals surface area contributed by atoms with Gasteiger partial charge >= 0.3 is 6.03 Å². The maximum atomic E-state index is 12.3. The number of carbonyl (C=O) groups is 1. The van der Waals surface area contributed by atoms with Crippen LogP contribution in [-0.2, 0) is 16.8 Å². The number of aromatic nitrogens is 3. The van der Waals surface area contributed by atoms with Gasteiger partial charge in [-0.1, -0.05) is 6.07 Å². The van der Waals surface area contributed by atoms with Crippen molar-refractivity contribution in [1.82, 2.24) is 25.0 Å². The van der Waals surface area contributed by atoms with Gasteiger partial charge < -0.3 is 10.2 Å². The number of carbonyl (C=O) groups excluding carboxylic acids is 1. The Morgan fingerprint density at radius 2 is 2.13 bits per heavy atom. The first kappa shape index (κ1) is 18.9. The van der Waals surface area contributed by atoms with E-state index in [1.807, 2.05) is 36.2 Å². The molecule has 5 rings (SSSR count). The molecule has 30 heavy (non-hydrogen) atoms. The molecular weight excluding hydrogens is 380 g/mol. The summed E-state index contributed by atoms with van der Waals surface area (Å²) in [5.74, 6) is 0. The predicted molar refractivity (Wildman–Crippen MR) is 115 cm³/mol. The van der Waals surface area contributed by atoms with Gasteiger partial charge in [-0.2, -0.15) is 5.10 Å². The number of nitrogens with one attached hydrogen (secondary N) is 2. The Labute approximate surface area is 175 Å². The number of nitrogens with zero attached hydrogens (tertiary/aromatic N) is 4. The average molecular weight is 406 g/mol. The molecule has 2 aliphatic heterocycles. The van der Waals surface area contributed by atoms with E-state index >= 15 is 0 Å². The molecule has 1 aromatic carbocycles. The van der Waals surface area contributed by atoms with E-state index in [9.17, 15) is 4.79 Å². The van der Waals surface area contributed by atoms with Crippen molar-refractivity contribution >= 4 is 22.6 Å². The van der Waals surface area contributed by atoms with Gasteiger partial charge in [-0.15, -0.1) is 0 Å². The van der Waals surface area contributed by atoms with Crippen LogP contribution in [0, 0.1) is 0 Å². The Balaban J connectivity index is 1.47. The largest absolute Gasteiger partial charge is 0.338 e. The van der Waals surface area contributed by atoms with E-state index in [0.717, 1.165) is 60.3 Å². The molecule has 8 nitrogen and oxygen atoms in total. The third-order valence-electron chi connectivity index (χ3n) is 6.33. The Bertz CT molecular complexity index is 1110. The number of aryl methyl sites for hydroxylation is 1. The highest BCUT2D eigenvalue weighted by Crippen LogP contribution is 2.44. The smallest absolute Gasteiger partial charge is 0.317 e. The van der Waals surface area contributed by atoms with Gasteiger partial charge in [0.15, 0.2) is 0 Å². The number of anilines is 1. The lowest BCUT2D eigenvalue weighted by Gasteiger charge is -2.23. The Kier molecular flexibility index (Phi) is 4.58. The maximum Gasteiger partial charge on any atom is 0.317 e. The Hall–Kier alpha value is -3.13. The number of hydrogen-bond acceptors (Lipinski definition) is 5. The third-order valence-corrected chi connectivity index (χ3v) is 6.33. The highest BCUT2D eigenvalue weighted by Gasteiger charge is 2.46. The van der Waals surface area contributed by atoms with Gasteiger partial charge in [-0.05, 0) is 44.0 Å². The van der Waals surface area contributed by atoms with Crippen LogP contribution in [-0.4, -0.2) is 52.4 Å². The minimum Gasteiger partial charge on any atom is -0.338 e. The molecule has 1 atom stereocenters. The average Bonchev–Trinajstić information content (AvgIpc) is 3.45. The van der Waals surface area contributed by atoms with Gasteiger partial charge in [-0.25, -0.2) is 4.79 Å². The van der Waals surface area contributed by atoms with Crippen molar-refractivity contribution in [2.24, 2.45) is 0 Å². The standard InChI is InChI=1S/C22H26N6O2/c1-3-23-21(29)27-9-7-22(14-27)8-10-28-20(22)12-19(25-28)15-11-16-17(24-13-15)5-4-6-18(16)26-30-2/h4-6,11-13,26H,3,7-10,14H2,1-2H3,(H,23,29). The predicted octanol–water partition coefficient (Wildman–Crippen LogP) is 3.15. The molecule has 2 N–H and O–H groups in total. The maximum absolute atomic E-state index is 12.3. The van der Waals surface area contributed by atoms with Crippen molar-refractivity contribution in [3.63, 3.8) is 0 Å². The molecule has 1 spiro atoms. The molecule has 8 heteroatoms. The summed E-state index contributed by atoms with van der Waals surface area (Å²) < 4.78 is 2.11. The van der Waals surface area contributed by atoms with Crippen LogP contribution in [0.2, 0.25) is 0 Å². The number of benzene rings is 1. The van der Waals surface area contributed by atoms with Crippen LogP contribution in [0.4, 0.5) is 10.5 Å². The molecule has 2 aromatic heterocycles. The lowest BCUT2D eigenvalue weighted by molar-refractivity contribution is 0.206. The van der Waals surface area contributed by atoms with Crippen molar-refractivity contribution < 1.29 is 9.63 Å². The number of rotatable bonds is 4. The van der Waals surface area contributed by atoms with E-state index in [-0.39, 0.29) is 11.4 Å². The lowest BCUT2D eigenvalue weighted by Crippen LogP contribution is -2.40. The van der Waals surface area contributed by atoms with Crippen LogP contribution >= 0.6 is 0 Å². The first-order valence-electron chi connectivity index (χ1n) is 10.4. The SMILES string of the molecule is CCNC(=O)N1CCC2(CCn3nc(-c4cnc5cccc(NOC)c5c4)cc32)C1. The van der Waals surface area contributed by atoms with Crippen LogP contribution in [0.3, 0.4) is 0 Å². The molecule has 0 radical (unpaired) electrons. The topological polar surface area (TPSA) is 84.3 Å². The van der Waals surface area contributed by atoms with Gasteiger partial charge in [-0.3, -0.25) is 20.0 Å². The summed E-state index contributed by atoms with van der Waals surface area (Å²) in [7, 11) is 1.60. The summed E-state index contributed by atoms with van der Waals surface area (Å²) in [6.45, 7) is 5.03. The molecule has 2 aliphatic rings. The number of fused-ring (bicyclic) bond motifs is 3. The molecule has 0 bridgehead atoms. The first-order chi connectivity index (χ1) is 14.6. The zero-order chi connectivity index (χ0) is 20.7. The van der Waals surface area contributed by atoms with E-state index in [2.05, 4.69) is 32.6 Å². The minimum atomic E-state index is 0.00335. The van der Waals surface area contributed by atoms with Crippen LogP contribution in [0.1, 0.15) is 25.5 Å². The van der Waals surface area contributed by atoms with E-state index < -0.39 is 0 Å². The minimum absolute atomic E-state index is 0.00335. The third kappa shape index (κ3) is 2.99.